The molecular weight excluding hydrogens is 342 g/mol. The normalized spacial score (nSPS) is 13.3. The number of amides is 1. The molecule has 6 nitrogen and oxygen atoms in total. The number of carbonyl (C=O) groups is 2. The Morgan fingerprint density at radius 3 is 2.48 bits per heavy atom. The molecule has 1 aromatic carbocycles. The molecule has 1 aromatic heterocycles. The predicted octanol–water partition coefficient (Wildman–Crippen LogP) is 3.13. The summed E-state index contributed by atoms with van der Waals surface area (Å²) < 4.78 is 1.73. The first-order chi connectivity index (χ1) is 11.7. The van der Waals surface area contributed by atoms with Crippen molar-refractivity contribution in [1.29, 1.82) is 0 Å². The average Bonchev–Trinajstić information content (AvgIpc) is 2.78. The average molecular weight is 364 g/mol. The number of nitrogens with one attached hydrogen (secondary N) is 1. The van der Waals surface area contributed by atoms with Crippen LogP contribution >= 0.6 is 11.6 Å². The number of carboxylic acids is 1. The summed E-state index contributed by atoms with van der Waals surface area (Å²) in [4.78, 5) is 24.0. The van der Waals surface area contributed by atoms with Crippen LogP contribution < -0.4 is 5.32 Å². The second kappa shape index (κ2) is 7.70. The third-order valence-electron chi connectivity index (χ3n) is 4.37. The second-order valence-corrected chi connectivity index (χ2v) is 6.52. The van der Waals surface area contributed by atoms with E-state index >= 15 is 0 Å². The van der Waals surface area contributed by atoms with E-state index in [4.69, 9.17) is 11.6 Å². The highest BCUT2D eigenvalue weighted by atomic mass is 35.5. The Balaban J connectivity index is 2.27. The quantitative estimate of drug-likeness (QED) is 0.825. The Morgan fingerprint density at radius 1 is 1.32 bits per heavy atom. The number of nitrogens with zero attached hydrogens (tertiary/aromatic N) is 2. The molecule has 1 heterocycles. The van der Waals surface area contributed by atoms with Crippen LogP contribution in [-0.2, 0) is 16.6 Å². The molecule has 0 radical (unpaired) electrons. The molecule has 2 atom stereocenters. The number of rotatable bonds is 6. The van der Waals surface area contributed by atoms with E-state index in [1.807, 2.05) is 20.9 Å². The number of hydrogen-bond acceptors (Lipinski definition) is 3. The van der Waals surface area contributed by atoms with Crippen LogP contribution in [-0.4, -0.2) is 26.8 Å². The van der Waals surface area contributed by atoms with E-state index in [0.29, 0.717) is 10.6 Å². The van der Waals surface area contributed by atoms with E-state index in [1.165, 1.54) is 0 Å². The minimum absolute atomic E-state index is 0.243. The van der Waals surface area contributed by atoms with Crippen molar-refractivity contribution in [3.8, 4) is 0 Å². The SMILES string of the molecule is Cc1nn(C)c(C)c1[C@H](C)C(=O)N[C@@H](CC(=O)O)c1ccccc1Cl. The summed E-state index contributed by atoms with van der Waals surface area (Å²) in [5.41, 5.74) is 3.14. The largest absolute Gasteiger partial charge is 0.481 e. The summed E-state index contributed by atoms with van der Waals surface area (Å²) >= 11 is 6.18. The van der Waals surface area contributed by atoms with E-state index in [-0.39, 0.29) is 12.3 Å². The molecule has 7 heteroatoms. The lowest BCUT2D eigenvalue weighted by atomic mass is 9.96. The van der Waals surface area contributed by atoms with Gasteiger partial charge in [0.15, 0.2) is 0 Å². The van der Waals surface area contributed by atoms with Crippen molar-refractivity contribution in [3.63, 3.8) is 0 Å². The first kappa shape index (κ1) is 19.0. The van der Waals surface area contributed by atoms with Gasteiger partial charge in [-0.1, -0.05) is 29.8 Å². The lowest BCUT2D eigenvalue weighted by molar-refractivity contribution is -0.137. The highest BCUT2D eigenvalue weighted by Crippen LogP contribution is 2.28. The highest BCUT2D eigenvalue weighted by Gasteiger charge is 2.26. The summed E-state index contributed by atoms with van der Waals surface area (Å²) in [5, 5.41) is 16.8. The molecule has 1 amide bonds. The first-order valence-corrected chi connectivity index (χ1v) is 8.36. The number of aryl methyl sites for hydroxylation is 2. The van der Waals surface area contributed by atoms with Gasteiger partial charge in [0.2, 0.25) is 5.91 Å². The number of carboxylic acid groups (broad SMARTS) is 1. The molecule has 0 aliphatic heterocycles. The monoisotopic (exact) mass is 363 g/mol. The molecule has 0 aliphatic rings. The minimum atomic E-state index is -1.01. The van der Waals surface area contributed by atoms with Crippen molar-refractivity contribution in [2.45, 2.75) is 39.2 Å². The van der Waals surface area contributed by atoms with Gasteiger partial charge in [0, 0.05) is 23.3 Å². The van der Waals surface area contributed by atoms with Crippen LogP contribution in [0.15, 0.2) is 24.3 Å². The summed E-state index contributed by atoms with van der Waals surface area (Å²) in [5.74, 6) is -1.72. The van der Waals surface area contributed by atoms with Crippen molar-refractivity contribution >= 4 is 23.5 Å². The number of aromatic nitrogens is 2. The van der Waals surface area contributed by atoms with Crippen molar-refractivity contribution in [3.05, 3.63) is 51.8 Å². The zero-order chi connectivity index (χ0) is 18.7. The lowest BCUT2D eigenvalue weighted by Crippen LogP contribution is -2.33. The summed E-state index contributed by atoms with van der Waals surface area (Å²) in [6.07, 6.45) is -0.243. The van der Waals surface area contributed by atoms with E-state index < -0.39 is 17.9 Å². The fourth-order valence-corrected chi connectivity index (χ4v) is 3.28. The van der Waals surface area contributed by atoms with Gasteiger partial charge in [-0.3, -0.25) is 14.3 Å². The van der Waals surface area contributed by atoms with Gasteiger partial charge in [-0.15, -0.1) is 0 Å². The van der Waals surface area contributed by atoms with Crippen LogP contribution in [0.5, 0.6) is 0 Å². The van der Waals surface area contributed by atoms with E-state index in [0.717, 1.165) is 17.0 Å². The molecule has 134 valence electrons. The molecular formula is C18H22ClN3O3. The zero-order valence-corrected chi connectivity index (χ0v) is 15.5. The zero-order valence-electron chi connectivity index (χ0n) is 14.7. The van der Waals surface area contributed by atoms with Gasteiger partial charge in [0.1, 0.15) is 0 Å². The molecule has 2 rings (SSSR count). The van der Waals surface area contributed by atoms with Crippen LogP contribution in [0.2, 0.25) is 5.02 Å². The Bertz CT molecular complexity index is 801. The molecule has 0 fully saturated rings. The maximum atomic E-state index is 12.7. The van der Waals surface area contributed by atoms with Gasteiger partial charge < -0.3 is 10.4 Å². The van der Waals surface area contributed by atoms with Gasteiger partial charge in [-0.05, 0) is 32.4 Å². The molecule has 2 N–H and O–H groups in total. The third kappa shape index (κ3) is 4.20. The Labute approximate surface area is 151 Å². The first-order valence-electron chi connectivity index (χ1n) is 7.99. The molecule has 0 spiro atoms. The van der Waals surface area contributed by atoms with Crippen molar-refractivity contribution < 1.29 is 14.7 Å². The van der Waals surface area contributed by atoms with Gasteiger partial charge in [0.05, 0.1) is 24.1 Å². The predicted molar refractivity (Wildman–Crippen MR) is 95.7 cm³/mol. The van der Waals surface area contributed by atoms with Gasteiger partial charge in [0.25, 0.3) is 0 Å². The maximum Gasteiger partial charge on any atom is 0.305 e. The summed E-state index contributed by atoms with van der Waals surface area (Å²) in [6, 6.07) is 6.23. The molecule has 0 aliphatic carbocycles. The Hall–Kier alpha value is -2.34. The second-order valence-electron chi connectivity index (χ2n) is 6.11. The third-order valence-corrected chi connectivity index (χ3v) is 4.71. The number of carbonyl (C=O) groups excluding carboxylic acids is 1. The highest BCUT2D eigenvalue weighted by molar-refractivity contribution is 6.31. The summed E-state index contributed by atoms with van der Waals surface area (Å²) in [6.45, 7) is 5.55. The number of halogens is 1. The molecule has 0 saturated heterocycles. The lowest BCUT2D eigenvalue weighted by Gasteiger charge is -2.21. The van der Waals surface area contributed by atoms with Crippen molar-refractivity contribution in [1.82, 2.24) is 15.1 Å². The molecule has 0 unspecified atom stereocenters. The molecule has 25 heavy (non-hydrogen) atoms. The Morgan fingerprint density at radius 2 is 1.96 bits per heavy atom. The fraction of sp³-hybridized carbons (Fsp3) is 0.389. The van der Waals surface area contributed by atoms with E-state index in [9.17, 15) is 14.7 Å². The number of aliphatic carboxylic acids is 1. The van der Waals surface area contributed by atoms with Gasteiger partial charge in [-0.25, -0.2) is 0 Å². The number of hydrogen-bond donors (Lipinski definition) is 2. The minimum Gasteiger partial charge on any atom is -0.481 e. The molecule has 0 bridgehead atoms. The molecule has 0 saturated carbocycles. The van der Waals surface area contributed by atoms with E-state index in [1.54, 1.807) is 35.9 Å². The van der Waals surface area contributed by atoms with Crippen LogP contribution in [0.1, 0.15) is 47.8 Å². The van der Waals surface area contributed by atoms with Crippen LogP contribution in [0.4, 0.5) is 0 Å². The van der Waals surface area contributed by atoms with Crippen molar-refractivity contribution in [2.24, 2.45) is 7.05 Å². The Kier molecular flexibility index (Phi) is 5.85. The van der Waals surface area contributed by atoms with Crippen LogP contribution in [0.25, 0.3) is 0 Å². The van der Waals surface area contributed by atoms with Crippen molar-refractivity contribution in [2.75, 3.05) is 0 Å². The molecule has 2 aromatic rings. The standard InChI is InChI=1S/C18H22ClN3O3/c1-10(17-11(2)21-22(4)12(17)3)18(25)20-15(9-16(23)24)13-7-5-6-8-14(13)19/h5-8,10,15H,9H2,1-4H3,(H,20,25)(H,23,24)/t10-,15-/m0/s1. The number of benzene rings is 1. The summed E-state index contributed by atoms with van der Waals surface area (Å²) in [7, 11) is 1.83. The van der Waals surface area contributed by atoms with Crippen LogP contribution in [0.3, 0.4) is 0 Å². The maximum absolute atomic E-state index is 12.7. The van der Waals surface area contributed by atoms with Gasteiger partial charge in [-0.2, -0.15) is 5.10 Å². The van der Waals surface area contributed by atoms with E-state index in [2.05, 4.69) is 10.4 Å². The van der Waals surface area contributed by atoms with Gasteiger partial charge >= 0.3 is 5.97 Å². The topological polar surface area (TPSA) is 84.2 Å². The fourth-order valence-electron chi connectivity index (χ4n) is 3.02. The smallest absolute Gasteiger partial charge is 0.305 e. The van der Waals surface area contributed by atoms with Crippen LogP contribution in [0, 0.1) is 13.8 Å².